The molecular formula is C22H24N4O. The second-order valence-electron chi connectivity index (χ2n) is 7.01. The van der Waals surface area contributed by atoms with E-state index in [0.29, 0.717) is 6.42 Å². The number of pyridine rings is 1. The van der Waals surface area contributed by atoms with Gasteiger partial charge in [0.15, 0.2) is 0 Å². The third kappa shape index (κ3) is 3.77. The normalized spacial score (nSPS) is 13.9. The van der Waals surface area contributed by atoms with Crippen LogP contribution >= 0.6 is 0 Å². The lowest BCUT2D eigenvalue weighted by atomic mass is 10.0. The second kappa shape index (κ2) is 7.74. The average Bonchev–Trinajstić information content (AvgIpc) is 2.88. The van der Waals surface area contributed by atoms with Crippen molar-refractivity contribution in [1.29, 1.82) is 0 Å². The summed E-state index contributed by atoms with van der Waals surface area (Å²) in [6.45, 7) is 1.49. The molecule has 0 spiro atoms. The molecule has 0 radical (unpaired) electrons. The van der Waals surface area contributed by atoms with Gasteiger partial charge in [-0.25, -0.2) is 0 Å². The lowest BCUT2D eigenvalue weighted by Crippen LogP contribution is -2.33. The minimum absolute atomic E-state index is 0.217. The Morgan fingerprint density at radius 1 is 1.07 bits per heavy atom. The van der Waals surface area contributed by atoms with Crippen molar-refractivity contribution in [3.63, 3.8) is 0 Å². The zero-order chi connectivity index (χ0) is 18.6. The number of amides is 1. The maximum absolute atomic E-state index is 12.7. The molecule has 0 atom stereocenters. The minimum Gasteiger partial charge on any atom is -0.342 e. The Morgan fingerprint density at radius 2 is 1.89 bits per heavy atom. The van der Waals surface area contributed by atoms with Crippen LogP contribution in [-0.2, 0) is 31.1 Å². The van der Waals surface area contributed by atoms with Crippen LogP contribution in [0.2, 0.25) is 0 Å². The topological polar surface area (TPSA) is 51.0 Å². The molecule has 1 aliphatic heterocycles. The SMILES string of the molecule is Cn1nc2c(c1-c1ccccc1)CCN(C(=O)CCc1cccnc1)CC2. The standard InChI is InChI=1S/C22H24N4O/c1-25-22(18-7-3-2-4-8-18)19-11-14-26(15-12-20(19)24-25)21(27)10-9-17-6-5-13-23-16-17/h2-8,13,16H,9-12,14-15H2,1H3. The van der Waals surface area contributed by atoms with E-state index in [-0.39, 0.29) is 5.91 Å². The summed E-state index contributed by atoms with van der Waals surface area (Å²) < 4.78 is 1.99. The molecule has 5 nitrogen and oxygen atoms in total. The van der Waals surface area contributed by atoms with Gasteiger partial charge in [-0.2, -0.15) is 5.10 Å². The fourth-order valence-electron chi connectivity index (χ4n) is 3.85. The van der Waals surface area contributed by atoms with E-state index in [2.05, 4.69) is 29.2 Å². The van der Waals surface area contributed by atoms with Gasteiger partial charge in [0.1, 0.15) is 0 Å². The molecule has 3 heterocycles. The number of fused-ring (bicyclic) bond motifs is 1. The van der Waals surface area contributed by atoms with Gasteiger partial charge in [0.05, 0.1) is 11.4 Å². The number of carbonyl (C=O) groups is 1. The first-order valence-corrected chi connectivity index (χ1v) is 9.49. The van der Waals surface area contributed by atoms with Crippen LogP contribution in [0.3, 0.4) is 0 Å². The zero-order valence-electron chi connectivity index (χ0n) is 15.6. The maximum Gasteiger partial charge on any atom is 0.222 e. The molecule has 0 bridgehead atoms. The number of benzene rings is 1. The van der Waals surface area contributed by atoms with Gasteiger partial charge in [-0.15, -0.1) is 0 Å². The number of carbonyl (C=O) groups excluding carboxylic acids is 1. The van der Waals surface area contributed by atoms with Gasteiger partial charge in [0, 0.05) is 56.5 Å². The van der Waals surface area contributed by atoms with E-state index in [1.165, 1.54) is 16.8 Å². The molecule has 3 aromatic rings. The number of hydrogen-bond acceptors (Lipinski definition) is 3. The van der Waals surface area contributed by atoms with Gasteiger partial charge >= 0.3 is 0 Å². The predicted octanol–water partition coefficient (Wildman–Crippen LogP) is 3.04. The molecule has 0 saturated carbocycles. The predicted molar refractivity (Wildman–Crippen MR) is 105 cm³/mol. The molecule has 1 aromatic carbocycles. The summed E-state index contributed by atoms with van der Waals surface area (Å²) in [5, 5.41) is 4.75. The lowest BCUT2D eigenvalue weighted by molar-refractivity contribution is -0.131. The number of nitrogens with zero attached hydrogens (tertiary/aromatic N) is 4. The number of aromatic nitrogens is 3. The van der Waals surface area contributed by atoms with Crippen LogP contribution in [0.5, 0.6) is 0 Å². The maximum atomic E-state index is 12.7. The van der Waals surface area contributed by atoms with E-state index in [0.717, 1.165) is 43.6 Å². The zero-order valence-corrected chi connectivity index (χ0v) is 15.6. The quantitative estimate of drug-likeness (QED) is 0.719. The van der Waals surface area contributed by atoms with Crippen LogP contribution in [0, 0.1) is 0 Å². The average molecular weight is 360 g/mol. The highest BCUT2D eigenvalue weighted by molar-refractivity contribution is 5.76. The number of aryl methyl sites for hydroxylation is 2. The first-order valence-electron chi connectivity index (χ1n) is 9.49. The van der Waals surface area contributed by atoms with Crippen molar-refractivity contribution < 1.29 is 4.79 Å². The van der Waals surface area contributed by atoms with E-state index in [9.17, 15) is 4.79 Å². The van der Waals surface area contributed by atoms with E-state index in [1.54, 1.807) is 6.20 Å². The van der Waals surface area contributed by atoms with E-state index in [1.807, 2.05) is 41.0 Å². The van der Waals surface area contributed by atoms with Crippen LogP contribution in [0.25, 0.3) is 11.3 Å². The third-order valence-corrected chi connectivity index (χ3v) is 5.23. The Morgan fingerprint density at radius 3 is 2.67 bits per heavy atom. The fourth-order valence-corrected chi connectivity index (χ4v) is 3.85. The third-order valence-electron chi connectivity index (χ3n) is 5.23. The van der Waals surface area contributed by atoms with E-state index < -0.39 is 0 Å². The van der Waals surface area contributed by atoms with Crippen molar-refractivity contribution in [3.8, 4) is 11.3 Å². The van der Waals surface area contributed by atoms with Crippen LogP contribution < -0.4 is 0 Å². The Hall–Kier alpha value is -2.95. The summed E-state index contributed by atoms with van der Waals surface area (Å²) in [7, 11) is 2.01. The Balaban J connectivity index is 1.46. The Bertz CT molecular complexity index is 918. The highest BCUT2D eigenvalue weighted by atomic mass is 16.2. The first-order chi connectivity index (χ1) is 13.2. The van der Waals surface area contributed by atoms with Crippen molar-refractivity contribution in [2.24, 2.45) is 7.05 Å². The van der Waals surface area contributed by atoms with Gasteiger partial charge in [0.2, 0.25) is 5.91 Å². The van der Waals surface area contributed by atoms with Gasteiger partial charge in [-0.3, -0.25) is 14.5 Å². The van der Waals surface area contributed by atoms with Gasteiger partial charge in [-0.05, 0) is 24.5 Å². The van der Waals surface area contributed by atoms with E-state index in [4.69, 9.17) is 5.10 Å². The van der Waals surface area contributed by atoms with Crippen molar-refractivity contribution >= 4 is 5.91 Å². The molecule has 2 aromatic heterocycles. The summed E-state index contributed by atoms with van der Waals surface area (Å²) in [4.78, 5) is 18.8. The van der Waals surface area contributed by atoms with Gasteiger partial charge in [-0.1, -0.05) is 36.4 Å². The number of rotatable bonds is 4. The highest BCUT2D eigenvalue weighted by Gasteiger charge is 2.24. The van der Waals surface area contributed by atoms with Gasteiger partial charge in [0.25, 0.3) is 0 Å². The molecule has 5 heteroatoms. The van der Waals surface area contributed by atoms with Crippen molar-refractivity contribution in [3.05, 3.63) is 71.7 Å². The number of hydrogen-bond donors (Lipinski definition) is 0. The molecule has 0 N–H and O–H groups in total. The molecule has 0 fully saturated rings. The molecule has 27 heavy (non-hydrogen) atoms. The second-order valence-corrected chi connectivity index (χ2v) is 7.01. The molecule has 0 saturated heterocycles. The summed E-state index contributed by atoms with van der Waals surface area (Å²) in [6, 6.07) is 14.3. The summed E-state index contributed by atoms with van der Waals surface area (Å²) >= 11 is 0. The molecule has 0 aliphatic carbocycles. The van der Waals surface area contributed by atoms with Crippen molar-refractivity contribution in [2.45, 2.75) is 25.7 Å². The van der Waals surface area contributed by atoms with E-state index >= 15 is 0 Å². The minimum atomic E-state index is 0.217. The summed E-state index contributed by atoms with van der Waals surface area (Å²) in [6.07, 6.45) is 6.53. The Labute approximate surface area is 159 Å². The highest BCUT2D eigenvalue weighted by Crippen LogP contribution is 2.28. The molecule has 138 valence electrons. The van der Waals surface area contributed by atoms with Crippen LogP contribution in [0.4, 0.5) is 0 Å². The van der Waals surface area contributed by atoms with Crippen LogP contribution in [-0.4, -0.2) is 38.7 Å². The molecule has 1 aliphatic rings. The monoisotopic (exact) mass is 360 g/mol. The van der Waals surface area contributed by atoms with Gasteiger partial charge < -0.3 is 4.90 Å². The summed E-state index contributed by atoms with van der Waals surface area (Å²) in [5.41, 5.74) is 5.88. The largest absolute Gasteiger partial charge is 0.342 e. The molecule has 4 rings (SSSR count). The summed E-state index contributed by atoms with van der Waals surface area (Å²) in [5.74, 6) is 0.217. The Kier molecular flexibility index (Phi) is 5.01. The van der Waals surface area contributed by atoms with Crippen LogP contribution in [0.15, 0.2) is 54.9 Å². The molecule has 0 unspecified atom stereocenters. The first kappa shape index (κ1) is 17.5. The van der Waals surface area contributed by atoms with Crippen molar-refractivity contribution in [2.75, 3.05) is 13.1 Å². The fraction of sp³-hybridized carbons (Fsp3) is 0.318. The molecule has 1 amide bonds. The van der Waals surface area contributed by atoms with Crippen LogP contribution in [0.1, 0.15) is 23.2 Å². The smallest absolute Gasteiger partial charge is 0.222 e. The lowest BCUT2D eigenvalue weighted by Gasteiger charge is -2.20. The molecular weight excluding hydrogens is 336 g/mol. The van der Waals surface area contributed by atoms with Crippen molar-refractivity contribution in [1.82, 2.24) is 19.7 Å².